The highest BCUT2D eigenvalue weighted by molar-refractivity contribution is 5.71. The van der Waals surface area contributed by atoms with Gasteiger partial charge in [-0.15, -0.1) is 0 Å². The van der Waals surface area contributed by atoms with E-state index in [2.05, 4.69) is 24.3 Å². The summed E-state index contributed by atoms with van der Waals surface area (Å²) in [5.74, 6) is 2.11. The van der Waals surface area contributed by atoms with E-state index >= 15 is 0 Å². The highest BCUT2D eigenvalue weighted by atomic mass is 16.5. The number of nitrogens with one attached hydrogen (secondary N) is 1. The van der Waals surface area contributed by atoms with E-state index in [1.54, 1.807) is 7.05 Å². The van der Waals surface area contributed by atoms with Crippen LogP contribution in [0.4, 0.5) is 0 Å². The quantitative estimate of drug-likeness (QED) is 0.437. The number of aliphatic hydroxyl groups excluding tert-OH is 1. The number of benzene rings is 1. The molecular weight excluding hydrogens is 440 g/mol. The number of likely N-dealkylation sites (N-methyl/N-ethyl adjacent to an activating group) is 1. The number of aromatic nitrogens is 3. The average molecular weight is 479 g/mol. The van der Waals surface area contributed by atoms with Gasteiger partial charge in [-0.25, -0.2) is 9.97 Å². The number of hydrogen-bond acceptors (Lipinski definition) is 7. The first-order valence-corrected chi connectivity index (χ1v) is 12.7. The first-order valence-electron chi connectivity index (χ1n) is 12.7. The Hall–Kier alpha value is -2.77. The third-order valence-electron chi connectivity index (χ3n) is 7.15. The Morgan fingerprint density at radius 3 is 2.60 bits per heavy atom. The van der Waals surface area contributed by atoms with Crippen LogP contribution in [0.1, 0.15) is 61.7 Å². The van der Waals surface area contributed by atoms with Crippen LogP contribution in [-0.2, 0) is 6.42 Å². The molecule has 1 aromatic carbocycles. The third-order valence-corrected chi connectivity index (χ3v) is 7.15. The molecule has 1 atom stereocenters. The van der Waals surface area contributed by atoms with Crippen molar-refractivity contribution in [1.82, 2.24) is 20.4 Å². The minimum absolute atomic E-state index is 0.215. The van der Waals surface area contributed by atoms with E-state index in [1.807, 2.05) is 38.1 Å². The molecule has 4 rings (SSSR count). The third kappa shape index (κ3) is 5.90. The molecule has 0 bridgehead atoms. The van der Waals surface area contributed by atoms with Crippen LogP contribution in [-0.4, -0.2) is 46.5 Å². The molecular formula is C28H38N4O3. The van der Waals surface area contributed by atoms with Gasteiger partial charge in [0.15, 0.2) is 5.82 Å². The molecule has 2 N–H and O–H groups in total. The largest absolute Gasteiger partial charge is 0.491 e. The molecule has 2 aromatic heterocycles. The molecule has 1 aliphatic rings. The lowest BCUT2D eigenvalue weighted by atomic mass is 9.72. The van der Waals surface area contributed by atoms with Crippen molar-refractivity contribution in [1.29, 1.82) is 0 Å². The Labute approximate surface area is 208 Å². The zero-order chi connectivity index (χ0) is 25.0. The topological polar surface area (TPSA) is 93.3 Å². The van der Waals surface area contributed by atoms with Crippen LogP contribution in [0.25, 0.3) is 22.6 Å². The Balaban J connectivity index is 1.74. The van der Waals surface area contributed by atoms with Gasteiger partial charge in [0.05, 0.1) is 17.0 Å². The molecule has 0 aliphatic heterocycles. The first kappa shape index (κ1) is 25.3. The van der Waals surface area contributed by atoms with Crippen LogP contribution >= 0.6 is 0 Å². The van der Waals surface area contributed by atoms with Gasteiger partial charge < -0.3 is 19.7 Å². The summed E-state index contributed by atoms with van der Waals surface area (Å²) in [6, 6.07) is 7.78. The Kier molecular flexibility index (Phi) is 7.87. The number of aliphatic hydroxyl groups is 1. The lowest BCUT2D eigenvalue weighted by Gasteiger charge is -2.34. The van der Waals surface area contributed by atoms with Crippen LogP contribution in [0.5, 0.6) is 5.75 Å². The van der Waals surface area contributed by atoms with Crippen molar-refractivity contribution in [2.75, 3.05) is 20.2 Å². The highest BCUT2D eigenvalue weighted by Crippen LogP contribution is 2.40. The fourth-order valence-electron chi connectivity index (χ4n) is 5.13. The van der Waals surface area contributed by atoms with Crippen LogP contribution < -0.4 is 10.1 Å². The second-order valence-electron chi connectivity index (χ2n) is 10.3. The predicted molar refractivity (Wildman–Crippen MR) is 138 cm³/mol. The summed E-state index contributed by atoms with van der Waals surface area (Å²) < 4.78 is 11.3. The zero-order valence-corrected chi connectivity index (χ0v) is 21.6. The lowest BCUT2D eigenvalue weighted by molar-refractivity contribution is 0.108. The second-order valence-corrected chi connectivity index (χ2v) is 10.3. The van der Waals surface area contributed by atoms with Gasteiger partial charge in [0.1, 0.15) is 24.2 Å². The van der Waals surface area contributed by atoms with E-state index in [1.165, 1.54) is 32.1 Å². The molecule has 0 saturated heterocycles. The van der Waals surface area contributed by atoms with Crippen LogP contribution in [0.2, 0.25) is 0 Å². The summed E-state index contributed by atoms with van der Waals surface area (Å²) in [7, 11) is 1.81. The molecule has 1 saturated carbocycles. The van der Waals surface area contributed by atoms with Crippen molar-refractivity contribution >= 4 is 0 Å². The van der Waals surface area contributed by atoms with Gasteiger partial charge in [-0.05, 0) is 70.2 Å². The summed E-state index contributed by atoms with van der Waals surface area (Å²) >= 11 is 0. The first-order chi connectivity index (χ1) is 16.8. The molecule has 1 aliphatic carbocycles. The van der Waals surface area contributed by atoms with E-state index in [0.29, 0.717) is 18.1 Å². The van der Waals surface area contributed by atoms with Gasteiger partial charge in [-0.3, -0.25) is 0 Å². The average Bonchev–Trinajstić information content (AvgIpc) is 3.17. The van der Waals surface area contributed by atoms with Gasteiger partial charge in [-0.2, -0.15) is 0 Å². The molecule has 0 amide bonds. The minimum Gasteiger partial charge on any atom is -0.491 e. The van der Waals surface area contributed by atoms with Crippen molar-refractivity contribution in [3.63, 3.8) is 0 Å². The van der Waals surface area contributed by atoms with Crippen molar-refractivity contribution in [2.24, 2.45) is 5.41 Å². The van der Waals surface area contributed by atoms with Crippen molar-refractivity contribution in [3.8, 4) is 28.4 Å². The Morgan fingerprint density at radius 2 is 1.91 bits per heavy atom. The number of ether oxygens (including phenoxy) is 1. The number of nitrogens with zero attached hydrogens (tertiary/aromatic N) is 3. The minimum atomic E-state index is -0.576. The van der Waals surface area contributed by atoms with E-state index in [0.717, 1.165) is 46.0 Å². The van der Waals surface area contributed by atoms with Crippen molar-refractivity contribution in [3.05, 3.63) is 47.0 Å². The SMILES string of the molecule is CNCC(O)COc1cccc(-c2nc(CC3(C)CCCCC3)c(C)c(-c3c(C)noc3C)n2)c1. The monoisotopic (exact) mass is 478 g/mol. The van der Waals surface area contributed by atoms with Crippen LogP contribution in [0.3, 0.4) is 0 Å². The Bertz CT molecular complexity index is 1130. The van der Waals surface area contributed by atoms with Gasteiger partial charge in [0, 0.05) is 17.8 Å². The summed E-state index contributed by atoms with van der Waals surface area (Å²) in [6.45, 7) is 9.10. The fourth-order valence-corrected chi connectivity index (χ4v) is 5.13. The second kappa shape index (κ2) is 10.9. The molecule has 0 spiro atoms. The summed E-state index contributed by atoms with van der Waals surface area (Å²) in [5, 5.41) is 17.1. The molecule has 1 unspecified atom stereocenters. The summed E-state index contributed by atoms with van der Waals surface area (Å²) in [4.78, 5) is 10.1. The number of rotatable bonds is 9. The standard InChI is InChI=1S/C28H38N4O3/c1-18-24(15-28(4)12-7-6-8-13-28)30-27(31-26(18)25-19(2)32-35-20(25)3)21-10-9-11-23(14-21)34-17-22(33)16-29-5/h9-11,14,22,29,33H,6-8,12-13,15-17H2,1-5H3. The van der Waals surface area contributed by atoms with Crippen molar-refractivity contribution < 1.29 is 14.4 Å². The predicted octanol–water partition coefficient (Wildman–Crippen LogP) is 5.20. The smallest absolute Gasteiger partial charge is 0.160 e. The maximum absolute atomic E-state index is 10.0. The fraction of sp³-hybridized carbons (Fsp3) is 0.536. The molecule has 188 valence electrons. The van der Waals surface area contributed by atoms with E-state index in [-0.39, 0.29) is 12.0 Å². The van der Waals surface area contributed by atoms with Crippen molar-refractivity contribution in [2.45, 2.75) is 72.3 Å². The van der Waals surface area contributed by atoms with Gasteiger partial charge >= 0.3 is 0 Å². The summed E-state index contributed by atoms with van der Waals surface area (Å²) in [5.41, 5.74) is 5.98. The maximum Gasteiger partial charge on any atom is 0.160 e. The molecule has 1 fully saturated rings. The number of hydrogen-bond donors (Lipinski definition) is 2. The van der Waals surface area contributed by atoms with Gasteiger partial charge in [-0.1, -0.05) is 43.5 Å². The molecule has 0 radical (unpaired) electrons. The molecule has 7 heteroatoms. The molecule has 35 heavy (non-hydrogen) atoms. The van der Waals surface area contributed by atoms with E-state index in [4.69, 9.17) is 19.2 Å². The van der Waals surface area contributed by atoms with Crippen LogP contribution in [0.15, 0.2) is 28.8 Å². The molecule has 3 aromatic rings. The lowest BCUT2D eigenvalue weighted by Crippen LogP contribution is -2.29. The normalized spacial score (nSPS) is 16.3. The molecule has 7 nitrogen and oxygen atoms in total. The Morgan fingerprint density at radius 1 is 1.14 bits per heavy atom. The van der Waals surface area contributed by atoms with E-state index < -0.39 is 6.10 Å². The maximum atomic E-state index is 10.0. The van der Waals surface area contributed by atoms with Crippen LogP contribution in [0, 0.1) is 26.2 Å². The number of aryl methyl sites for hydroxylation is 2. The highest BCUT2D eigenvalue weighted by Gasteiger charge is 2.30. The van der Waals surface area contributed by atoms with Gasteiger partial charge in [0.2, 0.25) is 0 Å². The summed E-state index contributed by atoms with van der Waals surface area (Å²) in [6.07, 6.45) is 6.69. The zero-order valence-electron chi connectivity index (χ0n) is 21.6. The molecule has 2 heterocycles. The van der Waals surface area contributed by atoms with E-state index in [9.17, 15) is 5.11 Å². The van der Waals surface area contributed by atoms with Gasteiger partial charge in [0.25, 0.3) is 0 Å².